The summed E-state index contributed by atoms with van der Waals surface area (Å²) in [6, 6.07) is 20.7. The smallest absolute Gasteiger partial charge is 0.323 e. The number of ketones is 1. The first-order valence-electron chi connectivity index (χ1n) is 9.75. The van der Waals surface area contributed by atoms with Crippen molar-refractivity contribution >= 4 is 17.4 Å². The molecule has 1 atom stereocenters. The van der Waals surface area contributed by atoms with Crippen LogP contribution < -0.4 is 4.48 Å². The Kier molecular flexibility index (Phi) is 6.55. The van der Waals surface area contributed by atoms with Crippen molar-refractivity contribution in [2.75, 3.05) is 13.7 Å². The minimum atomic E-state index is -0.559. The number of halogens is 1. The first kappa shape index (κ1) is 21.6. The second-order valence-electron chi connectivity index (χ2n) is 7.67. The molecule has 0 bridgehead atoms. The van der Waals surface area contributed by atoms with E-state index in [2.05, 4.69) is 0 Å². The van der Waals surface area contributed by atoms with Crippen LogP contribution in [0.1, 0.15) is 27.0 Å². The number of aliphatic hydroxyl groups excluding tert-OH is 1. The van der Waals surface area contributed by atoms with Crippen LogP contribution in [-0.4, -0.2) is 30.5 Å². The van der Waals surface area contributed by atoms with Crippen molar-refractivity contribution < 1.29 is 19.1 Å². The van der Waals surface area contributed by atoms with Gasteiger partial charge < -0.3 is 5.11 Å². The molecule has 1 amide bonds. The van der Waals surface area contributed by atoms with Gasteiger partial charge in [0.25, 0.3) is 0 Å². The van der Waals surface area contributed by atoms with Crippen LogP contribution in [0, 0.1) is 12.7 Å². The molecule has 3 rings (SSSR count). The average molecular weight is 406 g/mol. The monoisotopic (exact) mass is 406 g/mol. The molecule has 0 saturated carbocycles. The Morgan fingerprint density at radius 3 is 2.30 bits per heavy atom. The summed E-state index contributed by atoms with van der Waals surface area (Å²) in [6.45, 7) is 1.76. The van der Waals surface area contributed by atoms with E-state index < -0.39 is 6.61 Å². The Bertz CT molecular complexity index is 1060. The zero-order valence-corrected chi connectivity index (χ0v) is 17.1. The fourth-order valence-corrected chi connectivity index (χ4v) is 3.51. The third-order valence-corrected chi connectivity index (χ3v) is 5.28. The van der Waals surface area contributed by atoms with Gasteiger partial charge in [0.15, 0.2) is 5.78 Å². The number of hydrogen-bond acceptors (Lipinski definition) is 3. The summed E-state index contributed by atoms with van der Waals surface area (Å²) in [5, 5.41) is 9.16. The van der Waals surface area contributed by atoms with Crippen molar-refractivity contribution in [3.63, 3.8) is 0 Å². The third kappa shape index (κ3) is 4.87. The van der Waals surface area contributed by atoms with Crippen LogP contribution in [0.2, 0.25) is 0 Å². The van der Waals surface area contributed by atoms with E-state index in [1.54, 1.807) is 30.3 Å². The molecule has 0 heterocycles. The molecule has 0 saturated heterocycles. The van der Waals surface area contributed by atoms with Crippen molar-refractivity contribution in [3.05, 3.63) is 101 Å². The maximum Gasteiger partial charge on any atom is 0.323 e. The molecule has 5 heteroatoms. The number of benzene rings is 3. The lowest BCUT2D eigenvalue weighted by Crippen LogP contribution is -2.50. The lowest BCUT2D eigenvalue weighted by molar-refractivity contribution is -0.129. The summed E-state index contributed by atoms with van der Waals surface area (Å²) in [5.74, 6) is -0.752. The van der Waals surface area contributed by atoms with Crippen LogP contribution in [0.3, 0.4) is 0 Å². The molecule has 30 heavy (non-hydrogen) atoms. The Hall–Kier alpha value is -3.15. The van der Waals surface area contributed by atoms with Crippen molar-refractivity contribution in [3.8, 4) is 0 Å². The van der Waals surface area contributed by atoms with Crippen molar-refractivity contribution in [1.29, 1.82) is 0 Å². The van der Waals surface area contributed by atoms with E-state index in [1.807, 2.05) is 44.3 Å². The number of aryl methyl sites for hydroxylation is 1. The van der Waals surface area contributed by atoms with Crippen LogP contribution in [-0.2, 0) is 17.8 Å². The Morgan fingerprint density at radius 2 is 1.63 bits per heavy atom. The van der Waals surface area contributed by atoms with E-state index in [9.17, 15) is 14.0 Å². The van der Waals surface area contributed by atoms with Crippen LogP contribution in [0.5, 0.6) is 0 Å². The summed E-state index contributed by atoms with van der Waals surface area (Å²) in [4.78, 5) is 25.4. The Labute approximate surface area is 175 Å². The summed E-state index contributed by atoms with van der Waals surface area (Å²) >= 11 is 0. The highest BCUT2D eigenvalue weighted by Crippen LogP contribution is 2.27. The second-order valence-corrected chi connectivity index (χ2v) is 7.67. The molecule has 3 aromatic carbocycles. The standard InChI is InChI=1S/C25H25FNO3/c1-18-5-3-8-23(13-18)27(2,25(30)15-19-9-11-22(26)12-10-19)16-20-6-4-7-21(14-20)24(29)17-28/h3-14,28H,15-17H2,1-2H3/q+1. The number of rotatable bonds is 7. The summed E-state index contributed by atoms with van der Waals surface area (Å²) < 4.78 is 13.2. The normalized spacial score (nSPS) is 12.9. The topological polar surface area (TPSA) is 54.4 Å². The van der Waals surface area contributed by atoms with E-state index in [-0.39, 0.29) is 28.4 Å². The van der Waals surface area contributed by atoms with Gasteiger partial charge >= 0.3 is 5.91 Å². The van der Waals surface area contributed by atoms with E-state index in [4.69, 9.17) is 5.11 Å². The van der Waals surface area contributed by atoms with Gasteiger partial charge in [0, 0.05) is 17.2 Å². The molecule has 0 spiro atoms. The maximum atomic E-state index is 13.5. The van der Waals surface area contributed by atoms with Gasteiger partial charge in [0.1, 0.15) is 24.7 Å². The molecule has 4 nitrogen and oxygen atoms in total. The van der Waals surface area contributed by atoms with Gasteiger partial charge in [-0.15, -0.1) is 0 Å². The number of hydrogen-bond donors (Lipinski definition) is 1. The molecule has 0 fully saturated rings. The second kappa shape index (κ2) is 9.11. The average Bonchev–Trinajstić information content (AvgIpc) is 2.74. The highest BCUT2D eigenvalue weighted by Gasteiger charge is 2.35. The number of aliphatic hydroxyl groups is 1. The number of carbonyl (C=O) groups excluding carboxylic acids is 2. The molecule has 0 aliphatic heterocycles. The molecule has 0 aliphatic carbocycles. The first-order valence-corrected chi connectivity index (χ1v) is 9.75. The first-order chi connectivity index (χ1) is 14.3. The van der Waals surface area contributed by atoms with Gasteiger partial charge in [-0.05, 0) is 42.3 Å². The van der Waals surface area contributed by atoms with E-state index in [0.717, 1.165) is 22.4 Å². The lowest BCUT2D eigenvalue weighted by atomic mass is 10.0. The van der Waals surface area contributed by atoms with E-state index >= 15 is 0 Å². The predicted octanol–water partition coefficient (Wildman–Crippen LogP) is 4.22. The molecule has 154 valence electrons. The Balaban J connectivity index is 1.98. The quantitative estimate of drug-likeness (QED) is 0.472. The predicted molar refractivity (Wildman–Crippen MR) is 116 cm³/mol. The summed E-state index contributed by atoms with van der Waals surface area (Å²) in [7, 11) is 1.85. The zero-order valence-electron chi connectivity index (χ0n) is 17.1. The molecule has 1 unspecified atom stereocenters. The third-order valence-electron chi connectivity index (χ3n) is 5.28. The van der Waals surface area contributed by atoms with Gasteiger partial charge in [-0.1, -0.05) is 42.5 Å². The van der Waals surface area contributed by atoms with E-state index in [1.165, 1.54) is 12.1 Å². The molecule has 0 radical (unpaired) electrons. The van der Waals surface area contributed by atoms with Crippen molar-refractivity contribution in [1.82, 2.24) is 4.48 Å². The lowest BCUT2D eigenvalue weighted by Gasteiger charge is -2.32. The largest absolute Gasteiger partial charge is 0.388 e. The SMILES string of the molecule is Cc1cccc([N+](C)(Cc2cccc(C(=O)CO)c2)C(=O)Cc2ccc(F)cc2)c1. The molecule has 0 aromatic heterocycles. The van der Waals surface area contributed by atoms with Gasteiger partial charge in [-0.25, -0.2) is 13.7 Å². The molecule has 3 aromatic rings. The fraction of sp³-hybridized carbons (Fsp3) is 0.200. The van der Waals surface area contributed by atoms with Gasteiger partial charge in [-0.3, -0.25) is 4.79 Å². The van der Waals surface area contributed by atoms with Gasteiger partial charge in [-0.2, -0.15) is 0 Å². The van der Waals surface area contributed by atoms with Crippen LogP contribution >= 0.6 is 0 Å². The molecular weight excluding hydrogens is 381 g/mol. The number of likely N-dealkylation sites (N-methyl/N-ethyl adjacent to an activating group) is 1. The molecule has 1 N–H and O–H groups in total. The highest BCUT2D eigenvalue weighted by atomic mass is 19.1. The number of amides is 1. The van der Waals surface area contributed by atoms with E-state index in [0.29, 0.717) is 12.1 Å². The fourth-order valence-electron chi connectivity index (χ4n) is 3.51. The number of carbonyl (C=O) groups is 2. The van der Waals surface area contributed by atoms with Crippen LogP contribution in [0.4, 0.5) is 10.1 Å². The zero-order chi connectivity index (χ0) is 21.7. The summed E-state index contributed by atoms with van der Waals surface area (Å²) in [6.07, 6.45) is 0.153. The molecular formula is C25H25FNO3+. The van der Waals surface area contributed by atoms with Crippen molar-refractivity contribution in [2.45, 2.75) is 19.9 Å². The number of Topliss-reactive ketones (excluding diaryl/α,β-unsaturated/α-hetero) is 1. The summed E-state index contributed by atoms with van der Waals surface area (Å²) in [5.41, 5.74) is 3.83. The molecule has 0 aliphatic rings. The van der Waals surface area contributed by atoms with Crippen LogP contribution in [0.25, 0.3) is 0 Å². The van der Waals surface area contributed by atoms with Gasteiger partial charge in [0.05, 0.1) is 13.5 Å². The number of nitrogens with zero attached hydrogens (tertiary/aromatic N) is 1. The minimum Gasteiger partial charge on any atom is -0.388 e. The van der Waals surface area contributed by atoms with Crippen LogP contribution in [0.15, 0.2) is 72.8 Å². The minimum absolute atomic E-state index is 0.00414. The highest BCUT2D eigenvalue weighted by molar-refractivity contribution is 5.97. The maximum absolute atomic E-state index is 13.5. The van der Waals surface area contributed by atoms with Crippen molar-refractivity contribution in [2.24, 2.45) is 0 Å². The number of quaternary nitrogens is 1. The Morgan fingerprint density at radius 1 is 0.933 bits per heavy atom. The van der Waals surface area contributed by atoms with Gasteiger partial charge in [0.2, 0.25) is 0 Å².